The molecule has 0 aliphatic rings. The van der Waals surface area contributed by atoms with E-state index in [0.29, 0.717) is 17.5 Å². The van der Waals surface area contributed by atoms with E-state index in [1.54, 1.807) is 0 Å². The Balaban J connectivity index is 1.64. The molecule has 3 rings (SSSR count). The molecule has 0 spiro atoms. The summed E-state index contributed by atoms with van der Waals surface area (Å²) in [6.07, 6.45) is -4.54. The summed E-state index contributed by atoms with van der Waals surface area (Å²) in [4.78, 5) is 12.3. The Labute approximate surface area is 198 Å². The Kier molecular flexibility index (Phi) is 7.91. The number of anilines is 1. The van der Waals surface area contributed by atoms with Gasteiger partial charge in [0.2, 0.25) is 5.91 Å². The van der Waals surface area contributed by atoms with E-state index in [1.807, 2.05) is 43.5 Å². The minimum Gasteiger partial charge on any atom is -0.485 e. The molecule has 33 heavy (non-hydrogen) atoms. The molecule has 0 radical (unpaired) electrons. The van der Waals surface area contributed by atoms with Gasteiger partial charge in [-0.05, 0) is 50.1 Å². The monoisotopic (exact) mass is 498 g/mol. The molecule has 0 saturated carbocycles. The minimum absolute atomic E-state index is 0.0176. The SMILES string of the molecule is CCn1c(COc2c(C)cccc2C)nnc1SCC(=O)Nc1cc(C(F)(F)F)ccc1Cl. The molecule has 2 aromatic carbocycles. The van der Waals surface area contributed by atoms with E-state index >= 15 is 0 Å². The number of carbonyl (C=O) groups is 1. The Morgan fingerprint density at radius 1 is 1.18 bits per heavy atom. The summed E-state index contributed by atoms with van der Waals surface area (Å²) in [5.74, 6) is 0.793. The first kappa shape index (κ1) is 24.9. The van der Waals surface area contributed by atoms with Gasteiger partial charge in [-0.2, -0.15) is 13.2 Å². The zero-order chi connectivity index (χ0) is 24.2. The number of rotatable bonds is 8. The number of amides is 1. The largest absolute Gasteiger partial charge is 0.485 e. The molecular formula is C22H22ClF3N4O2S. The standard InChI is InChI=1S/C22H22ClF3N4O2S/c1-4-30-18(11-32-20-13(2)6-5-7-14(20)3)28-29-21(30)33-12-19(31)27-17-10-15(22(24,25)26)8-9-16(17)23/h5-10H,4,11-12H2,1-3H3,(H,27,31). The number of hydrogen-bond donors (Lipinski definition) is 1. The first-order valence-electron chi connectivity index (χ1n) is 10.0. The van der Waals surface area contributed by atoms with Crippen molar-refractivity contribution >= 4 is 35.0 Å². The maximum Gasteiger partial charge on any atom is 0.416 e. The van der Waals surface area contributed by atoms with E-state index < -0.39 is 17.6 Å². The zero-order valence-corrected chi connectivity index (χ0v) is 19.7. The van der Waals surface area contributed by atoms with Crippen molar-refractivity contribution in [2.24, 2.45) is 0 Å². The van der Waals surface area contributed by atoms with Crippen LogP contribution in [0.25, 0.3) is 0 Å². The first-order chi connectivity index (χ1) is 15.6. The number of halogens is 4. The molecule has 176 valence electrons. The van der Waals surface area contributed by atoms with E-state index in [9.17, 15) is 18.0 Å². The van der Waals surface area contributed by atoms with Gasteiger partial charge in [0.1, 0.15) is 12.4 Å². The van der Waals surface area contributed by atoms with Gasteiger partial charge in [-0.1, -0.05) is 41.6 Å². The van der Waals surface area contributed by atoms with E-state index in [1.165, 1.54) is 0 Å². The Bertz CT molecular complexity index is 1130. The quantitative estimate of drug-likeness (QED) is 0.392. The normalized spacial score (nSPS) is 11.5. The number of aryl methyl sites for hydroxylation is 2. The maximum atomic E-state index is 12.9. The van der Waals surface area contributed by atoms with E-state index in [4.69, 9.17) is 16.3 Å². The van der Waals surface area contributed by atoms with Gasteiger partial charge >= 0.3 is 6.18 Å². The molecule has 0 atom stereocenters. The van der Waals surface area contributed by atoms with E-state index in [0.717, 1.165) is 46.8 Å². The lowest BCUT2D eigenvalue weighted by Gasteiger charge is -2.13. The molecular weight excluding hydrogens is 477 g/mol. The molecule has 0 bridgehead atoms. The smallest absolute Gasteiger partial charge is 0.416 e. The molecule has 1 aromatic heterocycles. The van der Waals surface area contributed by atoms with Crippen LogP contribution in [0.15, 0.2) is 41.6 Å². The lowest BCUT2D eigenvalue weighted by molar-refractivity contribution is -0.137. The molecule has 0 saturated heterocycles. The van der Waals surface area contributed by atoms with Crippen molar-refractivity contribution in [1.29, 1.82) is 0 Å². The van der Waals surface area contributed by atoms with Crippen LogP contribution in [0.5, 0.6) is 5.75 Å². The van der Waals surface area contributed by atoms with Crippen LogP contribution in [-0.4, -0.2) is 26.4 Å². The fraction of sp³-hybridized carbons (Fsp3) is 0.318. The Morgan fingerprint density at radius 3 is 2.52 bits per heavy atom. The van der Waals surface area contributed by atoms with Gasteiger partial charge in [-0.3, -0.25) is 4.79 Å². The number of ether oxygens (including phenoxy) is 1. The second-order valence-electron chi connectivity index (χ2n) is 7.18. The highest BCUT2D eigenvalue weighted by atomic mass is 35.5. The van der Waals surface area contributed by atoms with Gasteiger partial charge < -0.3 is 14.6 Å². The molecule has 1 amide bonds. The number of para-hydroxylation sites is 1. The summed E-state index contributed by atoms with van der Waals surface area (Å²) >= 11 is 7.06. The molecule has 1 heterocycles. The van der Waals surface area contributed by atoms with Crippen molar-refractivity contribution < 1.29 is 22.7 Å². The Morgan fingerprint density at radius 2 is 1.88 bits per heavy atom. The zero-order valence-electron chi connectivity index (χ0n) is 18.2. The molecule has 0 fully saturated rings. The van der Waals surface area contributed by atoms with Crippen LogP contribution in [-0.2, 0) is 24.1 Å². The third-order valence-corrected chi connectivity index (χ3v) is 6.06. The minimum atomic E-state index is -4.54. The van der Waals surface area contributed by atoms with Gasteiger partial charge in [0, 0.05) is 6.54 Å². The fourth-order valence-electron chi connectivity index (χ4n) is 3.13. The van der Waals surface area contributed by atoms with Crippen LogP contribution >= 0.6 is 23.4 Å². The van der Waals surface area contributed by atoms with Crippen LogP contribution in [0.3, 0.4) is 0 Å². The van der Waals surface area contributed by atoms with Crippen molar-refractivity contribution in [3.05, 3.63) is 63.9 Å². The van der Waals surface area contributed by atoms with Crippen LogP contribution in [0.4, 0.5) is 18.9 Å². The van der Waals surface area contributed by atoms with Crippen molar-refractivity contribution in [1.82, 2.24) is 14.8 Å². The van der Waals surface area contributed by atoms with Crippen LogP contribution < -0.4 is 10.1 Å². The number of aromatic nitrogens is 3. The first-order valence-corrected chi connectivity index (χ1v) is 11.4. The number of thioether (sulfide) groups is 1. The maximum absolute atomic E-state index is 12.9. The van der Waals surface area contributed by atoms with Crippen molar-refractivity contribution in [3.63, 3.8) is 0 Å². The highest BCUT2D eigenvalue weighted by Crippen LogP contribution is 2.34. The molecule has 0 unspecified atom stereocenters. The lowest BCUT2D eigenvalue weighted by atomic mass is 10.1. The number of nitrogens with one attached hydrogen (secondary N) is 1. The molecule has 1 N–H and O–H groups in total. The third kappa shape index (κ3) is 6.20. The van der Waals surface area contributed by atoms with E-state index in [-0.39, 0.29) is 23.1 Å². The molecule has 6 nitrogen and oxygen atoms in total. The summed E-state index contributed by atoms with van der Waals surface area (Å²) in [5.41, 5.74) is 1.03. The lowest BCUT2D eigenvalue weighted by Crippen LogP contribution is -2.16. The van der Waals surface area contributed by atoms with Gasteiger partial charge in [-0.15, -0.1) is 10.2 Å². The predicted molar refractivity (Wildman–Crippen MR) is 122 cm³/mol. The topological polar surface area (TPSA) is 69.0 Å². The molecule has 0 aliphatic heterocycles. The summed E-state index contributed by atoms with van der Waals surface area (Å²) in [6, 6.07) is 8.65. The average Bonchev–Trinajstić information content (AvgIpc) is 3.14. The number of benzene rings is 2. The summed E-state index contributed by atoms with van der Waals surface area (Å²) in [6.45, 7) is 6.60. The number of alkyl halides is 3. The average molecular weight is 499 g/mol. The number of carbonyl (C=O) groups excluding carboxylic acids is 1. The predicted octanol–water partition coefficient (Wildman–Crippen LogP) is 5.90. The van der Waals surface area contributed by atoms with Crippen LogP contribution in [0.1, 0.15) is 29.4 Å². The summed E-state index contributed by atoms with van der Waals surface area (Å²) < 4.78 is 46.5. The second-order valence-corrected chi connectivity index (χ2v) is 8.53. The number of hydrogen-bond acceptors (Lipinski definition) is 5. The summed E-state index contributed by atoms with van der Waals surface area (Å²) in [7, 11) is 0. The van der Waals surface area contributed by atoms with Gasteiger partial charge in [0.15, 0.2) is 11.0 Å². The van der Waals surface area contributed by atoms with Gasteiger partial charge in [0.05, 0.1) is 22.0 Å². The number of nitrogens with zero attached hydrogens (tertiary/aromatic N) is 3. The molecule has 0 aliphatic carbocycles. The highest BCUT2D eigenvalue weighted by Gasteiger charge is 2.31. The third-order valence-electron chi connectivity index (χ3n) is 4.76. The van der Waals surface area contributed by atoms with Crippen LogP contribution in [0.2, 0.25) is 5.02 Å². The van der Waals surface area contributed by atoms with Crippen molar-refractivity contribution in [3.8, 4) is 5.75 Å². The van der Waals surface area contributed by atoms with Gasteiger partial charge in [-0.25, -0.2) is 0 Å². The fourth-order valence-corrected chi connectivity index (χ4v) is 4.11. The molecule has 3 aromatic rings. The van der Waals surface area contributed by atoms with Crippen molar-refractivity contribution in [2.45, 2.75) is 45.3 Å². The summed E-state index contributed by atoms with van der Waals surface area (Å²) in [5, 5.41) is 11.2. The second kappa shape index (κ2) is 10.5. The van der Waals surface area contributed by atoms with Gasteiger partial charge in [0.25, 0.3) is 0 Å². The van der Waals surface area contributed by atoms with Crippen LogP contribution in [0, 0.1) is 13.8 Å². The Hall–Kier alpha value is -2.72. The van der Waals surface area contributed by atoms with Crippen molar-refractivity contribution in [2.75, 3.05) is 11.1 Å². The molecule has 11 heteroatoms. The van der Waals surface area contributed by atoms with E-state index in [2.05, 4.69) is 15.5 Å². The highest BCUT2D eigenvalue weighted by molar-refractivity contribution is 7.99.